The molecular weight excluding hydrogens is 206 g/mol. The highest BCUT2D eigenvalue weighted by Gasteiger charge is 2.32. The number of rotatable bonds is 4. The van der Waals surface area contributed by atoms with Crippen molar-refractivity contribution in [3.63, 3.8) is 0 Å². The van der Waals surface area contributed by atoms with Crippen LogP contribution in [0.2, 0.25) is 0 Å². The molecule has 0 N–H and O–H groups in total. The predicted octanol–water partition coefficient (Wildman–Crippen LogP) is 1.09. The lowest BCUT2D eigenvalue weighted by molar-refractivity contribution is -0.0781. The molecule has 0 bridgehead atoms. The molecule has 0 aliphatic heterocycles. The zero-order valence-electron chi connectivity index (χ0n) is 4.74. The number of hydrogen-bond donors (Lipinski definition) is 1. The van der Waals surface area contributed by atoms with Gasteiger partial charge in [-0.2, -0.15) is 13.0 Å². The molecule has 0 saturated heterocycles. The van der Waals surface area contributed by atoms with E-state index in [1.807, 2.05) is 0 Å². The summed E-state index contributed by atoms with van der Waals surface area (Å²) in [7, 11) is -2.72. The number of alkyl halides is 2. The first-order valence-corrected chi connectivity index (χ1v) is 5.56. The topological polar surface area (TPSA) is 43.4 Å². The minimum Gasteiger partial charge on any atom is -0.202 e. The Balaban J connectivity index is 3.85. The molecule has 0 unspecified atom stereocenters. The lowest BCUT2D eigenvalue weighted by Crippen LogP contribution is -2.12. The molecule has 0 rings (SSSR count). The van der Waals surface area contributed by atoms with E-state index < -0.39 is 16.4 Å². The molecule has 0 atom stereocenters. The van der Waals surface area contributed by atoms with Gasteiger partial charge < -0.3 is 0 Å². The molecule has 0 heterocycles. The summed E-state index contributed by atoms with van der Waals surface area (Å²) in [6.07, 6.45) is 1.39. The van der Waals surface area contributed by atoms with Crippen LogP contribution in [0.4, 0.5) is 8.78 Å². The van der Waals surface area contributed by atoms with Crippen LogP contribution in [0.3, 0.4) is 0 Å². The summed E-state index contributed by atoms with van der Waals surface area (Å²) in [5.41, 5.74) is -3.64. The highest BCUT2D eigenvalue weighted by molar-refractivity contribution is 8.76. The third-order valence-corrected chi connectivity index (χ3v) is 2.39. The second-order valence-electron chi connectivity index (χ2n) is 1.03. The van der Waals surface area contributed by atoms with Crippen molar-refractivity contribution < 1.29 is 21.4 Å². The molecule has 0 fully saturated rings. The molecule has 10 heavy (non-hydrogen) atoms. The molecule has 0 aliphatic carbocycles. The lowest BCUT2D eigenvalue weighted by atomic mass is 11.5. The number of thiol groups is 1. The van der Waals surface area contributed by atoms with Gasteiger partial charge in [0.15, 0.2) is 0 Å². The Labute approximate surface area is 66.1 Å². The monoisotopic (exact) mass is 210 g/mol. The molecular formula is C2H4F2O3S3. The van der Waals surface area contributed by atoms with Crippen LogP contribution < -0.4 is 0 Å². The van der Waals surface area contributed by atoms with Crippen LogP contribution in [0.1, 0.15) is 0 Å². The maximum absolute atomic E-state index is 12.0. The first-order chi connectivity index (χ1) is 4.48. The maximum atomic E-state index is 12.0. The summed E-state index contributed by atoms with van der Waals surface area (Å²) >= 11 is 0. The summed E-state index contributed by atoms with van der Waals surface area (Å²) in [6, 6.07) is 0. The molecule has 0 aromatic heterocycles. The van der Waals surface area contributed by atoms with Crippen LogP contribution in [0.15, 0.2) is 0 Å². The molecule has 3 nitrogen and oxygen atoms in total. The Morgan fingerprint density at radius 2 is 2.00 bits per heavy atom. The summed E-state index contributed by atoms with van der Waals surface area (Å²) in [4.78, 5) is 0. The molecule has 0 aliphatic rings. The van der Waals surface area contributed by atoms with E-state index in [1.165, 1.54) is 6.26 Å². The van der Waals surface area contributed by atoms with Crippen LogP contribution >= 0.6 is 21.6 Å². The van der Waals surface area contributed by atoms with E-state index in [1.54, 1.807) is 0 Å². The number of halogens is 2. The second kappa shape index (κ2) is 4.37. The van der Waals surface area contributed by atoms with Crippen LogP contribution in [0.25, 0.3) is 0 Å². The van der Waals surface area contributed by atoms with Gasteiger partial charge in [-0.25, -0.2) is 8.42 Å². The Hall–Kier alpha value is 0.470. The average Bonchev–Trinajstić information content (AvgIpc) is 1.59. The smallest absolute Gasteiger partial charge is 0.202 e. The van der Waals surface area contributed by atoms with Gasteiger partial charge in [-0.05, 0) is 6.26 Å². The van der Waals surface area contributed by atoms with Gasteiger partial charge in [0.1, 0.15) is 0 Å². The van der Waals surface area contributed by atoms with Crippen molar-refractivity contribution in [3.8, 4) is 0 Å². The fraction of sp³-hybridized carbons (Fsp3) is 1.00. The minimum absolute atomic E-state index is 0.0392. The molecule has 0 aromatic rings. The fourth-order valence-corrected chi connectivity index (χ4v) is 1.73. The van der Waals surface area contributed by atoms with E-state index >= 15 is 0 Å². The van der Waals surface area contributed by atoms with Crippen molar-refractivity contribution in [2.24, 2.45) is 0 Å². The van der Waals surface area contributed by atoms with Crippen molar-refractivity contribution in [1.82, 2.24) is 0 Å². The second-order valence-corrected chi connectivity index (χ2v) is 4.13. The van der Waals surface area contributed by atoms with E-state index in [0.717, 1.165) is 10.8 Å². The standard InChI is InChI=1S/C2H4F2O3S3/c1-8-9-2(3,4)7-10(5)6/h10H,1H3. The van der Waals surface area contributed by atoms with Crippen LogP contribution in [0, 0.1) is 0 Å². The quantitative estimate of drug-likeness (QED) is 0.427. The van der Waals surface area contributed by atoms with Gasteiger partial charge in [0.2, 0.25) is 0 Å². The van der Waals surface area contributed by atoms with Gasteiger partial charge in [0.05, 0.1) is 0 Å². The predicted molar refractivity (Wildman–Crippen MR) is 37.5 cm³/mol. The van der Waals surface area contributed by atoms with Crippen LogP contribution in [-0.2, 0) is 15.2 Å². The third-order valence-electron chi connectivity index (χ3n) is 0.361. The Morgan fingerprint density at radius 3 is 2.30 bits per heavy atom. The van der Waals surface area contributed by atoms with Gasteiger partial charge in [0.25, 0.3) is 11.0 Å². The molecule has 62 valence electrons. The third kappa shape index (κ3) is 5.27. The largest absolute Gasteiger partial charge is 0.431 e. The summed E-state index contributed by atoms with van der Waals surface area (Å²) in [5.74, 6) is 0. The first kappa shape index (κ1) is 10.5. The van der Waals surface area contributed by atoms with Gasteiger partial charge in [-0.3, -0.25) is 0 Å². The van der Waals surface area contributed by atoms with Crippen molar-refractivity contribution in [2.45, 2.75) is 5.44 Å². The highest BCUT2D eigenvalue weighted by atomic mass is 33.1. The van der Waals surface area contributed by atoms with Gasteiger partial charge in [-0.1, -0.05) is 10.8 Å². The van der Waals surface area contributed by atoms with Gasteiger partial charge in [0, 0.05) is 10.8 Å². The molecule has 0 spiro atoms. The zero-order valence-corrected chi connectivity index (χ0v) is 7.27. The minimum atomic E-state index is -3.64. The SMILES string of the molecule is CSSC(F)(F)O[SH](=O)=O. The van der Waals surface area contributed by atoms with Crippen molar-refractivity contribution >= 4 is 32.6 Å². The molecule has 0 saturated carbocycles. The van der Waals surface area contributed by atoms with Gasteiger partial charge in [-0.15, -0.1) is 0 Å². The van der Waals surface area contributed by atoms with Gasteiger partial charge >= 0.3 is 5.44 Å². The lowest BCUT2D eigenvalue weighted by Gasteiger charge is -2.07. The van der Waals surface area contributed by atoms with E-state index in [0.29, 0.717) is 0 Å². The maximum Gasteiger partial charge on any atom is 0.431 e. The van der Waals surface area contributed by atoms with Crippen LogP contribution in [0.5, 0.6) is 0 Å². The Kier molecular flexibility index (Phi) is 4.57. The van der Waals surface area contributed by atoms with E-state index in [2.05, 4.69) is 4.18 Å². The Morgan fingerprint density at radius 1 is 1.50 bits per heavy atom. The van der Waals surface area contributed by atoms with Crippen molar-refractivity contribution in [3.05, 3.63) is 0 Å². The summed E-state index contributed by atoms with van der Waals surface area (Å²) < 4.78 is 46.5. The van der Waals surface area contributed by atoms with Crippen molar-refractivity contribution in [2.75, 3.05) is 6.26 Å². The average molecular weight is 210 g/mol. The normalized spacial score (nSPS) is 12.4. The highest BCUT2D eigenvalue weighted by Crippen LogP contribution is 2.37. The molecule has 0 amide bonds. The summed E-state index contributed by atoms with van der Waals surface area (Å²) in [5, 5.41) is 0. The number of hydrogen-bond acceptors (Lipinski definition) is 5. The molecule has 8 heteroatoms. The van der Waals surface area contributed by atoms with E-state index in [-0.39, 0.29) is 10.8 Å². The van der Waals surface area contributed by atoms with E-state index in [4.69, 9.17) is 0 Å². The zero-order chi connectivity index (χ0) is 8.20. The molecule has 0 aromatic carbocycles. The summed E-state index contributed by atoms with van der Waals surface area (Å²) in [6.45, 7) is 0. The van der Waals surface area contributed by atoms with E-state index in [9.17, 15) is 17.2 Å². The fourth-order valence-electron chi connectivity index (χ4n) is 0.199. The Bertz CT molecular complexity index is 159. The first-order valence-electron chi connectivity index (χ1n) is 1.91. The molecule has 0 radical (unpaired) electrons. The van der Waals surface area contributed by atoms with Crippen molar-refractivity contribution in [1.29, 1.82) is 0 Å². The van der Waals surface area contributed by atoms with Crippen LogP contribution in [-0.4, -0.2) is 20.1 Å².